The first-order valence-corrected chi connectivity index (χ1v) is 10.4. The number of benzene rings is 2. The van der Waals surface area contributed by atoms with Crippen molar-refractivity contribution < 1.29 is 27.4 Å². The lowest BCUT2D eigenvalue weighted by atomic mass is 10.0. The molecule has 0 amide bonds. The predicted octanol–water partition coefficient (Wildman–Crippen LogP) is 5.73. The number of hydrogen-bond acceptors (Lipinski definition) is 5. The van der Waals surface area contributed by atoms with Crippen LogP contribution in [0.3, 0.4) is 0 Å². The average Bonchev–Trinajstić information content (AvgIpc) is 3.28. The van der Waals surface area contributed by atoms with Crippen LogP contribution in [0.25, 0.3) is 22.4 Å². The maximum atomic E-state index is 12.7. The highest BCUT2D eigenvalue weighted by Crippen LogP contribution is 2.33. The lowest BCUT2D eigenvalue weighted by Gasteiger charge is -2.08. The van der Waals surface area contributed by atoms with E-state index in [1.807, 2.05) is 54.7 Å². The van der Waals surface area contributed by atoms with Crippen LogP contribution in [0.5, 0.6) is 17.4 Å². The van der Waals surface area contributed by atoms with Gasteiger partial charge in [0.1, 0.15) is 23.8 Å². The molecule has 4 rings (SSSR count). The summed E-state index contributed by atoms with van der Waals surface area (Å²) in [5.74, 6) is 1.61. The fraction of sp³-hybridized carbons (Fsp3) is 0.200. The Labute approximate surface area is 194 Å². The van der Waals surface area contributed by atoms with Crippen molar-refractivity contribution in [2.45, 2.75) is 12.7 Å². The molecule has 0 saturated heterocycles. The van der Waals surface area contributed by atoms with Crippen LogP contribution in [0.15, 0.2) is 73.1 Å². The molecule has 6 nitrogen and oxygen atoms in total. The Hall–Kier alpha value is -4.01. The number of hydrogen-bond donors (Lipinski definition) is 0. The van der Waals surface area contributed by atoms with Gasteiger partial charge in [0.15, 0.2) is 0 Å². The Morgan fingerprint density at radius 3 is 1.97 bits per heavy atom. The minimum atomic E-state index is -4.43. The summed E-state index contributed by atoms with van der Waals surface area (Å²) in [5.41, 5.74) is 2.75. The van der Waals surface area contributed by atoms with Gasteiger partial charge in [0.05, 0.1) is 26.3 Å². The van der Waals surface area contributed by atoms with Gasteiger partial charge in [-0.1, -0.05) is 12.1 Å². The Morgan fingerprint density at radius 2 is 1.44 bits per heavy atom. The second-order valence-electron chi connectivity index (χ2n) is 7.34. The van der Waals surface area contributed by atoms with Gasteiger partial charge in [0.25, 0.3) is 0 Å². The van der Waals surface area contributed by atoms with Crippen LogP contribution in [-0.4, -0.2) is 35.6 Å². The highest BCUT2D eigenvalue weighted by Gasteiger charge is 2.30. The Balaban J connectivity index is 1.54. The molecular weight excluding hydrogens is 447 g/mol. The Morgan fingerprint density at radius 1 is 0.824 bits per heavy atom. The molecule has 0 bridgehead atoms. The number of halogens is 3. The maximum Gasteiger partial charge on any atom is 0.417 e. The normalized spacial score (nSPS) is 11.3. The molecule has 0 spiro atoms. The van der Waals surface area contributed by atoms with Crippen molar-refractivity contribution in [3.8, 4) is 39.8 Å². The molecule has 4 aromatic rings. The molecule has 2 heterocycles. The van der Waals surface area contributed by atoms with Crippen LogP contribution in [0, 0.1) is 0 Å². The maximum absolute atomic E-state index is 12.7. The van der Waals surface area contributed by atoms with Crippen molar-refractivity contribution >= 4 is 0 Å². The predicted molar refractivity (Wildman–Crippen MR) is 121 cm³/mol. The zero-order valence-electron chi connectivity index (χ0n) is 18.5. The first kappa shape index (κ1) is 23.2. The van der Waals surface area contributed by atoms with Gasteiger partial charge in [-0.2, -0.15) is 18.3 Å². The number of ether oxygens (including phenoxy) is 3. The molecule has 0 aliphatic carbocycles. The lowest BCUT2D eigenvalue weighted by molar-refractivity contribution is -0.137. The molecule has 0 radical (unpaired) electrons. The summed E-state index contributed by atoms with van der Waals surface area (Å²) < 4.78 is 55.8. The monoisotopic (exact) mass is 469 g/mol. The SMILES string of the molecule is COc1ccc(-c2cn(CCOc3ccc(C(F)(F)F)cn3)nc2-c2ccc(OC)cc2)cc1. The van der Waals surface area contributed by atoms with E-state index in [1.165, 1.54) is 6.07 Å². The molecule has 0 aliphatic heterocycles. The van der Waals surface area contributed by atoms with Crippen molar-refractivity contribution in [3.05, 3.63) is 78.6 Å². The molecule has 0 saturated carbocycles. The third-order valence-electron chi connectivity index (χ3n) is 5.16. The smallest absolute Gasteiger partial charge is 0.417 e. The molecule has 0 atom stereocenters. The van der Waals surface area contributed by atoms with E-state index in [9.17, 15) is 13.2 Å². The van der Waals surface area contributed by atoms with E-state index in [0.29, 0.717) is 6.54 Å². The summed E-state index contributed by atoms with van der Waals surface area (Å²) in [6.07, 6.45) is -1.77. The van der Waals surface area contributed by atoms with Crippen LogP contribution in [0.4, 0.5) is 13.2 Å². The fourth-order valence-electron chi connectivity index (χ4n) is 3.36. The molecule has 9 heteroatoms. The van der Waals surface area contributed by atoms with Gasteiger partial charge >= 0.3 is 6.18 Å². The molecule has 34 heavy (non-hydrogen) atoms. The van der Waals surface area contributed by atoms with E-state index in [4.69, 9.17) is 19.3 Å². The number of methoxy groups -OCH3 is 2. The molecule has 0 fully saturated rings. The van der Waals surface area contributed by atoms with Crippen LogP contribution in [-0.2, 0) is 12.7 Å². The van der Waals surface area contributed by atoms with E-state index >= 15 is 0 Å². The first-order chi connectivity index (χ1) is 16.4. The highest BCUT2D eigenvalue weighted by molar-refractivity contribution is 5.80. The summed E-state index contributed by atoms with van der Waals surface area (Å²) in [5, 5.41) is 4.73. The highest BCUT2D eigenvalue weighted by atomic mass is 19.4. The van der Waals surface area contributed by atoms with Gasteiger partial charge in [-0.3, -0.25) is 4.68 Å². The summed E-state index contributed by atoms with van der Waals surface area (Å²) in [6.45, 7) is 0.562. The third kappa shape index (κ3) is 5.31. The van der Waals surface area contributed by atoms with Crippen molar-refractivity contribution in [3.63, 3.8) is 0 Å². The second-order valence-corrected chi connectivity index (χ2v) is 7.34. The van der Waals surface area contributed by atoms with E-state index in [0.717, 1.165) is 46.1 Å². The molecule has 0 N–H and O–H groups in total. The van der Waals surface area contributed by atoms with Crippen LogP contribution in [0.2, 0.25) is 0 Å². The van der Waals surface area contributed by atoms with Crippen molar-refractivity contribution in [2.75, 3.05) is 20.8 Å². The molecule has 2 aromatic carbocycles. The lowest BCUT2D eigenvalue weighted by Crippen LogP contribution is -2.10. The first-order valence-electron chi connectivity index (χ1n) is 10.4. The van der Waals surface area contributed by atoms with Gasteiger partial charge in [-0.25, -0.2) is 4.98 Å². The van der Waals surface area contributed by atoms with Gasteiger partial charge in [0, 0.05) is 29.6 Å². The average molecular weight is 469 g/mol. The van der Waals surface area contributed by atoms with Gasteiger partial charge in [-0.05, 0) is 48.0 Å². The molecule has 0 aliphatic rings. The van der Waals surface area contributed by atoms with Crippen molar-refractivity contribution in [1.82, 2.24) is 14.8 Å². The minimum absolute atomic E-state index is 0.117. The number of aromatic nitrogens is 3. The van der Waals surface area contributed by atoms with Crippen LogP contribution in [0.1, 0.15) is 5.56 Å². The zero-order chi connectivity index (χ0) is 24.1. The zero-order valence-corrected chi connectivity index (χ0v) is 18.5. The molecular formula is C25H22F3N3O3. The van der Waals surface area contributed by atoms with Gasteiger partial charge < -0.3 is 14.2 Å². The second kappa shape index (κ2) is 9.86. The summed E-state index contributed by atoms with van der Waals surface area (Å²) in [4.78, 5) is 3.73. The molecule has 176 valence electrons. The van der Waals surface area contributed by atoms with E-state index in [1.54, 1.807) is 18.9 Å². The number of alkyl halides is 3. The van der Waals surface area contributed by atoms with E-state index in [2.05, 4.69) is 4.98 Å². The van der Waals surface area contributed by atoms with Gasteiger partial charge in [0.2, 0.25) is 5.88 Å². The van der Waals surface area contributed by atoms with Crippen LogP contribution >= 0.6 is 0 Å². The van der Waals surface area contributed by atoms with Crippen molar-refractivity contribution in [2.24, 2.45) is 0 Å². The summed E-state index contributed by atoms with van der Waals surface area (Å²) >= 11 is 0. The third-order valence-corrected chi connectivity index (χ3v) is 5.16. The summed E-state index contributed by atoms with van der Waals surface area (Å²) in [7, 11) is 3.22. The Kier molecular flexibility index (Phi) is 6.72. The number of nitrogens with zero attached hydrogens (tertiary/aromatic N) is 3. The quantitative estimate of drug-likeness (QED) is 0.330. The Bertz CT molecular complexity index is 1150. The topological polar surface area (TPSA) is 58.4 Å². The standard InChI is InChI=1S/C25H22F3N3O3/c1-32-20-8-3-17(4-9-20)22-16-31(30-24(22)18-5-10-21(33-2)11-6-18)13-14-34-23-12-7-19(15-29-23)25(26,27)28/h3-12,15-16H,13-14H2,1-2H3. The molecule has 0 unspecified atom stereocenters. The number of pyridine rings is 1. The minimum Gasteiger partial charge on any atom is -0.497 e. The van der Waals surface area contributed by atoms with Crippen LogP contribution < -0.4 is 14.2 Å². The summed E-state index contributed by atoms with van der Waals surface area (Å²) in [6, 6.07) is 17.4. The number of rotatable bonds is 8. The van der Waals surface area contributed by atoms with Crippen molar-refractivity contribution in [1.29, 1.82) is 0 Å². The largest absolute Gasteiger partial charge is 0.497 e. The van der Waals surface area contributed by atoms with Gasteiger partial charge in [-0.15, -0.1) is 0 Å². The fourth-order valence-corrected chi connectivity index (χ4v) is 3.36. The van der Waals surface area contributed by atoms with E-state index in [-0.39, 0.29) is 12.5 Å². The molecule has 2 aromatic heterocycles. The van der Waals surface area contributed by atoms with E-state index < -0.39 is 11.7 Å².